The van der Waals surface area contributed by atoms with Gasteiger partial charge in [-0.2, -0.15) is 0 Å². The monoisotopic (exact) mass is 306 g/mol. The summed E-state index contributed by atoms with van der Waals surface area (Å²) in [6, 6.07) is 0.204. The first-order chi connectivity index (χ1) is 9.36. The topological polar surface area (TPSA) is 75.7 Å². The van der Waals surface area contributed by atoms with E-state index in [9.17, 15) is 13.2 Å². The van der Waals surface area contributed by atoms with E-state index in [1.165, 1.54) is 18.4 Å². The van der Waals surface area contributed by atoms with Crippen molar-refractivity contribution >= 4 is 16.0 Å². The smallest absolute Gasteiger partial charge is 0.308 e. The van der Waals surface area contributed by atoms with Crippen molar-refractivity contribution in [1.29, 1.82) is 0 Å². The van der Waals surface area contributed by atoms with Gasteiger partial charge in [0, 0.05) is 26.7 Å². The number of rotatable bonds is 7. The second-order valence-electron chi connectivity index (χ2n) is 5.37. The predicted octanol–water partition coefficient (Wildman–Crippen LogP) is 0.589. The first kappa shape index (κ1) is 17.4. The maximum Gasteiger partial charge on any atom is 0.308 e. The average molecular weight is 306 g/mol. The molecular formula is C13H26N2O4S. The predicted molar refractivity (Wildman–Crippen MR) is 77.9 cm³/mol. The van der Waals surface area contributed by atoms with E-state index in [4.69, 9.17) is 4.74 Å². The van der Waals surface area contributed by atoms with E-state index in [-0.39, 0.29) is 23.7 Å². The summed E-state index contributed by atoms with van der Waals surface area (Å²) in [5.74, 6) is -0.0906. The fraction of sp³-hybridized carbons (Fsp3) is 0.923. The fourth-order valence-corrected chi connectivity index (χ4v) is 3.16. The largest absolute Gasteiger partial charge is 0.466 e. The molecule has 0 radical (unpaired) electrons. The number of hydrogen-bond donors (Lipinski definition) is 1. The van der Waals surface area contributed by atoms with Gasteiger partial charge in [0.1, 0.15) is 0 Å². The third kappa shape index (κ3) is 5.38. The Morgan fingerprint density at radius 2 is 2.05 bits per heavy atom. The molecular weight excluding hydrogens is 280 g/mol. The summed E-state index contributed by atoms with van der Waals surface area (Å²) in [5, 5.41) is 3.25. The van der Waals surface area contributed by atoms with Crippen LogP contribution in [0.3, 0.4) is 0 Å². The van der Waals surface area contributed by atoms with Gasteiger partial charge in [-0.3, -0.25) is 4.79 Å². The summed E-state index contributed by atoms with van der Waals surface area (Å²) < 4.78 is 29.6. The van der Waals surface area contributed by atoms with E-state index in [0.717, 1.165) is 25.7 Å². The molecule has 0 spiro atoms. The van der Waals surface area contributed by atoms with Crippen molar-refractivity contribution in [1.82, 2.24) is 9.62 Å². The third-order valence-electron chi connectivity index (χ3n) is 3.64. The minimum Gasteiger partial charge on any atom is -0.466 e. The molecule has 2 atom stereocenters. The van der Waals surface area contributed by atoms with Gasteiger partial charge >= 0.3 is 5.97 Å². The molecule has 1 fully saturated rings. The van der Waals surface area contributed by atoms with Gasteiger partial charge in [-0.1, -0.05) is 6.42 Å². The van der Waals surface area contributed by atoms with Crippen LogP contribution in [0.15, 0.2) is 0 Å². The first-order valence-electron chi connectivity index (χ1n) is 7.17. The molecule has 0 aliphatic heterocycles. The molecule has 0 bridgehead atoms. The Balaban J connectivity index is 2.36. The molecule has 1 rings (SSSR count). The highest BCUT2D eigenvalue weighted by Crippen LogP contribution is 2.25. The Labute approximate surface area is 121 Å². The van der Waals surface area contributed by atoms with Gasteiger partial charge in [0.25, 0.3) is 0 Å². The Kier molecular flexibility index (Phi) is 6.91. The molecule has 2 unspecified atom stereocenters. The van der Waals surface area contributed by atoms with Gasteiger partial charge in [0.05, 0.1) is 18.3 Å². The lowest BCUT2D eigenvalue weighted by Crippen LogP contribution is -2.40. The van der Waals surface area contributed by atoms with Gasteiger partial charge in [0.15, 0.2) is 0 Å². The average Bonchev–Trinajstić information content (AvgIpc) is 2.39. The minimum absolute atomic E-state index is 0.0494. The van der Waals surface area contributed by atoms with Gasteiger partial charge in [-0.25, -0.2) is 12.7 Å². The number of hydrogen-bond acceptors (Lipinski definition) is 5. The summed E-state index contributed by atoms with van der Waals surface area (Å²) >= 11 is 0. The summed E-state index contributed by atoms with van der Waals surface area (Å²) in [4.78, 5) is 11.7. The molecule has 1 aliphatic carbocycles. The van der Waals surface area contributed by atoms with Crippen molar-refractivity contribution in [3.8, 4) is 0 Å². The molecule has 0 amide bonds. The molecule has 0 saturated heterocycles. The summed E-state index contributed by atoms with van der Waals surface area (Å²) in [6.45, 7) is 2.64. The zero-order valence-electron chi connectivity index (χ0n) is 12.6. The number of sulfonamides is 1. The Hall–Kier alpha value is -0.660. The quantitative estimate of drug-likeness (QED) is 0.697. The minimum atomic E-state index is -3.16. The second-order valence-corrected chi connectivity index (χ2v) is 7.67. The molecule has 1 saturated carbocycles. The zero-order valence-corrected chi connectivity index (χ0v) is 13.4. The molecule has 0 heterocycles. The second kappa shape index (κ2) is 7.95. The Morgan fingerprint density at radius 3 is 2.65 bits per heavy atom. The van der Waals surface area contributed by atoms with Crippen molar-refractivity contribution in [3.63, 3.8) is 0 Å². The van der Waals surface area contributed by atoms with Crippen LogP contribution in [0.25, 0.3) is 0 Å². The van der Waals surface area contributed by atoms with E-state index in [0.29, 0.717) is 13.2 Å². The molecule has 0 aromatic carbocycles. The van der Waals surface area contributed by atoms with Crippen LogP contribution in [-0.4, -0.2) is 57.7 Å². The van der Waals surface area contributed by atoms with Gasteiger partial charge in [0.2, 0.25) is 10.0 Å². The molecule has 0 aromatic rings. The van der Waals surface area contributed by atoms with E-state index < -0.39 is 10.0 Å². The lowest BCUT2D eigenvalue weighted by Gasteiger charge is -2.28. The molecule has 118 valence electrons. The van der Waals surface area contributed by atoms with Crippen LogP contribution in [-0.2, 0) is 19.6 Å². The Morgan fingerprint density at radius 1 is 1.35 bits per heavy atom. The number of nitrogens with one attached hydrogen (secondary N) is 1. The molecule has 0 aromatic heterocycles. The van der Waals surface area contributed by atoms with Crippen molar-refractivity contribution in [2.24, 2.45) is 5.92 Å². The summed E-state index contributed by atoms with van der Waals surface area (Å²) in [5.41, 5.74) is 0. The SMILES string of the molecule is CCOC(=O)C1CCCC(NCCS(=O)(=O)N(C)C)C1. The van der Waals surface area contributed by atoms with Crippen LogP contribution in [0.1, 0.15) is 32.6 Å². The van der Waals surface area contributed by atoms with Crippen molar-refractivity contribution in [2.45, 2.75) is 38.6 Å². The van der Waals surface area contributed by atoms with Crippen LogP contribution in [0, 0.1) is 5.92 Å². The van der Waals surface area contributed by atoms with Crippen molar-refractivity contribution in [2.75, 3.05) is 33.0 Å². The van der Waals surface area contributed by atoms with Gasteiger partial charge in [-0.15, -0.1) is 0 Å². The van der Waals surface area contributed by atoms with Crippen LogP contribution in [0.4, 0.5) is 0 Å². The highest BCUT2D eigenvalue weighted by Gasteiger charge is 2.28. The van der Waals surface area contributed by atoms with Gasteiger partial charge < -0.3 is 10.1 Å². The van der Waals surface area contributed by atoms with E-state index >= 15 is 0 Å². The van der Waals surface area contributed by atoms with Crippen molar-refractivity contribution in [3.05, 3.63) is 0 Å². The Bertz CT molecular complexity index is 409. The number of nitrogens with zero attached hydrogens (tertiary/aromatic N) is 1. The normalized spacial score (nSPS) is 23.8. The standard InChI is InChI=1S/C13H26N2O4S/c1-4-19-13(16)11-6-5-7-12(10-11)14-8-9-20(17,18)15(2)3/h11-12,14H,4-10H2,1-3H3. The van der Waals surface area contributed by atoms with E-state index in [2.05, 4.69) is 5.32 Å². The summed E-state index contributed by atoms with van der Waals surface area (Å²) in [7, 11) is -0.0894. The molecule has 7 heteroatoms. The third-order valence-corrected chi connectivity index (χ3v) is 5.48. The maximum atomic E-state index is 11.7. The number of ether oxygens (including phenoxy) is 1. The fourth-order valence-electron chi connectivity index (χ4n) is 2.42. The maximum absolute atomic E-state index is 11.7. The highest BCUT2D eigenvalue weighted by atomic mass is 32.2. The van der Waals surface area contributed by atoms with Crippen LogP contribution in [0.2, 0.25) is 0 Å². The van der Waals surface area contributed by atoms with Crippen LogP contribution >= 0.6 is 0 Å². The lowest BCUT2D eigenvalue weighted by molar-refractivity contribution is -0.149. The first-order valence-corrected chi connectivity index (χ1v) is 8.78. The lowest BCUT2D eigenvalue weighted by atomic mass is 9.86. The molecule has 6 nitrogen and oxygen atoms in total. The zero-order chi connectivity index (χ0) is 15.2. The van der Waals surface area contributed by atoms with Crippen molar-refractivity contribution < 1.29 is 17.9 Å². The highest BCUT2D eigenvalue weighted by molar-refractivity contribution is 7.89. The van der Waals surface area contributed by atoms with Crippen LogP contribution in [0.5, 0.6) is 0 Å². The molecule has 20 heavy (non-hydrogen) atoms. The number of carbonyl (C=O) groups excluding carboxylic acids is 1. The number of carbonyl (C=O) groups is 1. The van der Waals surface area contributed by atoms with Crippen LogP contribution < -0.4 is 5.32 Å². The summed E-state index contributed by atoms with van der Waals surface area (Å²) in [6.07, 6.45) is 3.56. The molecule has 1 aliphatic rings. The van der Waals surface area contributed by atoms with E-state index in [1.807, 2.05) is 6.92 Å². The number of esters is 1. The van der Waals surface area contributed by atoms with Gasteiger partial charge in [-0.05, 0) is 26.2 Å². The molecule has 1 N–H and O–H groups in total. The van der Waals surface area contributed by atoms with E-state index in [1.54, 1.807) is 0 Å².